The number of ketones is 2. The molecule has 0 saturated heterocycles. The second-order valence-corrected chi connectivity index (χ2v) is 19.6. The number of hydrogen-bond donors (Lipinski definition) is 4. The largest absolute Gasteiger partial charge is 0.496 e. The van der Waals surface area contributed by atoms with Gasteiger partial charge >= 0.3 is 0 Å². The van der Waals surface area contributed by atoms with Gasteiger partial charge in [0.2, 0.25) is 32.5 Å². The zero-order valence-corrected chi connectivity index (χ0v) is 42.5. The van der Waals surface area contributed by atoms with Crippen LogP contribution in [0.3, 0.4) is 0 Å². The number of nitrogen functional groups attached to an aromatic ring is 3. The molecule has 0 aliphatic heterocycles. The van der Waals surface area contributed by atoms with Crippen LogP contribution in [-0.2, 0) is 9.84 Å². The predicted molar refractivity (Wildman–Crippen MR) is 270 cm³/mol. The Kier molecular flexibility index (Phi) is 19.3. The number of carbonyl (C=O) groups is 2. The second-order valence-electron chi connectivity index (χ2n) is 17.4. The number of ether oxygens (including phenoxy) is 4. The standard InChI is InChI=1S/C24H28FN5O3.C14H14FN3O4S.C12H20N2O/c1-24(2,30(3)4)14-33-17-9-7-16(8-10-17)28-23-27-13-19(22(26)29-23)21(31)18-12-15(25)6-11-20(18)32-5;1-3-23(20,21)14-17-7-10(13(16)18-14)12(19)9-6-8(15)4-5-11(9)22-2;1-12(2,14(3)4)9-15-11-7-5-10(13)6-8-11/h6-13H,14H2,1-5H3,(H3,26,27,28,29);4-7H,3H2,1-2H3,(H2,16,17,18);5-8H,9,13H2,1-4H3. The van der Waals surface area contributed by atoms with E-state index in [2.05, 4.69) is 62.7 Å². The third-order valence-electron chi connectivity index (χ3n) is 11.2. The highest BCUT2D eigenvalue weighted by Crippen LogP contribution is 2.27. The van der Waals surface area contributed by atoms with E-state index in [0.29, 0.717) is 13.2 Å². The summed E-state index contributed by atoms with van der Waals surface area (Å²) in [6, 6.07) is 21.9. The van der Waals surface area contributed by atoms with Crippen molar-refractivity contribution in [3.8, 4) is 23.0 Å². The Balaban J connectivity index is 0.000000250. The first-order chi connectivity index (χ1) is 33.3. The van der Waals surface area contributed by atoms with Crippen LogP contribution in [0.4, 0.5) is 37.7 Å². The maximum atomic E-state index is 13.6. The fraction of sp³-hybridized carbons (Fsp3) is 0.320. The van der Waals surface area contributed by atoms with Crippen LogP contribution in [0.2, 0.25) is 0 Å². The van der Waals surface area contributed by atoms with Gasteiger partial charge in [0.25, 0.3) is 0 Å². The van der Waals surface area contributed by atoms with Gasteiger partial charge in [-0.1, -0.05) is 6.92 Å². The molecule has 18 nitrogen and oxygen atoms in total. The van der Waals surface area contributed by atoms with E-state index in [-0.39, 0.29) is 68.2 Å². The van der Waals surface area contributed by atoms with E-state index in [4.69, 9.17) is 36.1 Å². The monoisotopic (exact) mass is 1000 g/mol. The molecule has 4 aromatic carbocycles. The summed E-state index contributed by atoms with van der Waals surface area (Å²) in [5, 5.41) is 2.58. The molecule has 0 spiro atoms. The third kappa shape index (κ3) is 15.5. The van der Waals surface area contributed by atoms with Gasteiger partial charge in [-0.2, -0.15) is 4.98 Å². The molecule has 0 unspecified atom stereocenters. The summed E-state index contributed by atoms with van der Waals surface area (Å²) in [7, 11) is 7.20. The average Bonchev–Trinajstić information content (AvgIpc) is 3.33. The van der Waals surface area contributed by atoms with Crippen LogP contribution in [0.1, 0.15) is 66.5 Å². The van der Waals surface area contributed by atoms with E-state index in [1.807, 2.05) is 76.7 Å². The number of aromatic nitrogens is 4. The summed E-state index contributed by atoms with van der Waals surface area (Å²) in [5.41, 5.74) is 18.6. The molecule has 21 heteroatoms. The molecule has 6 rings (SSSR count). The molecule has 0 aliphatic carbocycles. The van der Waals surface area contributed by atoms with Crippen molar-refractivity contribution < 1.29 is 45.7 Å². The molecule has 0 bridgehead atoms. The van der Waals surface area contributed by atoms with Gasteiger partial charge < -0.3 is 51.3 Å². The van der Waals surface area contributed by atoms with Gasteiger partial charge in [0.15, 0.2) is 0 Å². The number of nitrogens with two attached hydrogens (primary N) is 3. The van der Waals surface area contributed by atoms with Gasteiger partial charge in [0.1, 0.15) is 59.5 Å². The Hall–Kier alpha value is -7.49. The first-order valence-electron chi connectivity index (χ1n) is 21.9. The molecule has 0 radical (unpaired) electrons. The zero-order valence-electron chi connectivity index (χ0n) is 41.7. The van der Waals surface area contributed by atoms with Crippen LogP contribution in [0.25, 0.3) is 0 Å². The van der Waals surface area contributed by atoms with E-state index in [1.165, 1.54) is 45.5 Å². The van der Waals surface area contributed by atoms with E-state index in [1.54, 1.807) is 0 Å². The lowest BCUT2D eigenvalue weighted by atomic mass is 10.0. The van der Waals surface area contributed by atoms with E-state index in [0.717, 1.165) is 47.3 Å². The van der Waals surface area contributed by atoms with Gasteiger partial charge in [0, 0.05) is 34.8 Å². The van der Waals surface area contributed by atoms with Crippen LogP contribution in [0.15, 0.2) is 102 Å². The normalized spacial score (nSPS) is 11.4. The highest BCUT2D eigenvalue weighted by atomic mass is 32.2. The van der Waals surface area contributed by atoms with E-state index < -0.39 is 38.2 Å². The number of sulfone groups is 1. The minimum absolute atomic E-state index is 0.0292. The van der Waals surface area contributed by atoms with Crippen molar-refractivity contribution in [2.24, 2.45) is 0 Å². The average molecular weight is 1000 g/mol. The van der Waals surface area contributed by atoms with Crippen LogP contribution < -0.4 is 41.5 Å². The summed E-state index contributed by atoms with van der Waals surface area (Å²) < 4.78 is 72.2. The fourth-order valence-electron chi connectivity index (χ4n) is 5.57. The number of nitrogens with zero attached hydrogens (tertiary/aromatic N) is 6. The first-order valence-corrected chi connectivity index (χ1v) is 23.5. The molecule has 0 aliphatic rings. The minimum Gasteiger partial charge on any atom is -0.496 e. The third-order valence-corrected chi connectivity index (χ3v) is 12.7. The highest BCUT2D eigenvalue weighted by molar-refractivity contribution is 7.91. The molecule has 0 atom stereocenters. The number of halogens is 2. The number of benzene rings is 4. The maximum absolute atomic E-state index is 13.6. The highest BCUT2D eigenvalue weighted by Gasteiger charge is 2.25. The summed E-state index contributed by atoms with van der Waals surface area (Å²) in [6.07, 6.45) is 2.32. The van der Waals surface area contributed by atoms with Crippen molar-refractivity contribution in [1.82, 2.24) is 29.7 Å². The topological polar surface area (TPSA) is 253 Å². The molecule has 7 N–H and O–H groups in total. The molecule has 380 valence electrons. The number of likely N-dealkylation sites (N-methyl/N-ethyl adjacent to an activating group) is 2. The number of methoxy groups -OCH3 is 2. The molecular weight excluding hydrogens is 939 g/mol. The van der Waals surface area contributed by atoms with Crippen molar-refractivity contribution in [1.29, 1.82) is 0 Å². The Morgan fingerprint density at radius 2 is 1.06 bits per heavy atom. The van der Waals surface area contributed by atoms with Crippen molar-refractivity contribution >= 4 is 50.4 Å². The van der Waals surface area contributed by atoms with E-state index in [9.17, 15) is 26.8 Å². The van der Waals surface area contributed by atoms with Gasteiger partial charge in [-0.15, -0.1) is 0 Å². The molecule has 2 heterocycles. The second kappa shape index (κ2) is 24.4. The zero-order chi connectivity index (χ0) is 52.8. The predicted octanol–water partition coefficient (Wildman–Crippen LogP) is 7.12. The van der Waals surface area contributed by atoms with Gasteiger partial charge in [-0.25, -0.2) is 32.2 Å². The SMILES string of the molecule is CCS(=O)(=O)c1ncc(C(=O)c2cc(F)ccc2OC)c(N)n1.CN(C)C(C)(C)COc1ccc(N)cc1.COc1ccc(F)cc1C(=O)c1cnc(Nc2ccc(OCC(C)(C)N(C)C)cc2)nc1N. The summed E-state index contributed by atoms with van der Waals surface area (Å²) in [4.78, 5) is 45.2. The fourth-order valence-corrected chi connectivity index (χ4v) is 6.28. The lowest BCUT2D eigenvalue weighted by Gasteiger charge is -2.32. The molecule has 0 fully saturated rings. The Morgan fingerprint density at radius 1 is 0.634 bits per heavy atom. The molecule has 0 amide bonds. The Labute approximate surface area is 413 Å². The first kappa shape index (κ1) is 56.1. The van der Waals surface area contributed by atoms with Gasteiger partial charge in [0.05, 0.1) is 42.2 Å². The van der Waals surface area contributed by atoms with Gasteiger partial charge in [-0.05, 0) is 141 Å². The van der Waals surface area contributed by atoms with Crippen LogP contribution >= 0.6 is 0 Å². The Morgan fingerprint density at radius 3 is 1.45 bits per heavy atom. The number of anilines is 5. The Bertz CT molecular complexity index is 2890. The van der Waals surface area contributed by atoms with Crippen LogP contribution in [-0.4, -0.2) is 122 Å². The number of nitrogens with one attached hydrogen (secondary N) is 1. The van der Waals surface area contributed by atoms with Crippen LogP contribution in [0.5, 0.6) is 23.0 Å². The van der Waals surface area contributed by atoms with Crippen molar-refractivity contribution in [2.75, 3.05) is 83.9 Å². The number of hydrogen-bond acceptors (Lipinski definition) is 18. The lowest BCUT2D eigenvalue weighted by molar-refractivity contribution is 0.102. The van der Waals surface area contributed by atoms with Gasteiger partial charge in [-0.3, -0.25) is 9.59 Å². The molecule has 0 saturated carbocycles. The number of rotatable bonds is 18. The maximum Gasteiger partial charge on any atom is 0.249 e. The minimum atomic E-state index is -3.65. The quantitative estimate of drug-likeness (QED) is 0.0380. The summed E-state index contributed by atoms with van der Waals surface area (Å²) in [6.45, 7) is 11.1. The van der Waals surface area contributed by atoms with Crippen LogP contribution in [0, 0.1) is 11.6 Å². The molecular formula is C50H62F2N10O8S. The molecule has 6 aromatic rings. The van der Waals surface area contributed by atoms with Crippen molar-refractivity contribution in [3.63, 3.8) is 0 Å². The lowest BCUT2D eigenvalue weighted by Crippen LogP contribution is -2.43. The van der Waals surface area contributed by atoms with Crippen molar-refractivity contribution in [3.05, 3.63) is 131 Å². The molecule has 2 aromatic heterocycles. The number of carbonyl (C=O) groups excluding carboxylic acids is 2. The summed E-state index contributed by atoms with van der Waals surface area (Å²) in [5.74, 6) is -0.710. The van der Waals surface area contributed by atoms with Crippen molar-refractivity contribution in [2.45, 2.75) is 50.9 Å². The summed E-state index contributed by atoms with van der Waals surface area (Å²) >= 11 is 0. The smallest absolute Gasteiger partial charge is 0.249 e. The molecule has 71 heavy (non-hydrogen) atoms. The van der Waals surface area contributed by atoms with E-state index >= 15 is 0 Å².